The second-order valence-corrected chi connectivity index (χ2v) is 8.70. The zero-order valence-electron chi connectivity index (χ0n) is 14.6. The normalized spacial score (nSPS) is 11.9. The van der Waals surface area contributed by atoms with Gasteiger partial charge in [-0.1, -0.05) is 0 Å². The van der Waals surface area contributed by atoms with Crippen LogP contribution in [0.2, 0.25) is 0 Å². The van der Waals surface area contributed by atoms with E-state index in [9.17, 15) is 13.2 Å². The smallest absolute Gasteiger partial charge is 0.275 e. The van der Waals surface area contributed by atoms with E-state index in [1.165, 1.54) is 31.5 Å². The van der Waals surface area contributed by atoms with Gasteiger partial charge in [0.15, 0.2) is 5.13 Å². The number of amides is 1. The first kappa shape index (κ1) is 18.4. The van der Waals surface area contributed by atoms with Gasteiger partial charge in [0.1, 0.15) is 17.8 Å². The fraction of sp³-hybridized carbons (Fsp3) is 0.250. The van der Waals surface area contributed by atoms with Gasteiger partial charge in [-0.05, 0) is 19.9 Å². The molecule has 0 bridgehead atoms. The minimum absolute atomic E-state index is 0.0949. The molecule has 8 nitrogen and oxygen atoms in total. The molecule has 3 aromatic heterocycles. The van der Waals surface area contributed by atoms with E-state index in [4.69, 9.17) is 8.83 Å². The van der Waals surface area contributed by atoms with Gasteiger partial charge in [0.2, 0.25) is 5.09 Å². The van der Waals surface area contributed by atoms with E-state index in [2.05, 4.69) is 10.3 Å². The summed E-state index contributed by atoms with van der Waals surface area (Å²) in [5.74, 6) is 1.03. The Labute approximate surface area is 154 Å². The van der Waals surface area contributed by atoms with Gasteiger partial charge < -0.3 is 8.83 Å². The SMILES string of the molecule is Cc1cc(-c2csc(NC(=O)c3coc(S(=O)(=O)N(C)C)c3)n2)c(C)o1. The molecule has 0 saturated carbocycles. The van der Waals surface area contributed by atoms with Crippen molar-refractivity contribution in [3.8, 4) is 11.3 Å². The lowest BCUT2D eigenvalue weighted by molar-refractivity contribution is 0.102. The molecule has 0 saturated heterocycles. The molecular weight excluding hydrogens is 378 g/mol. The number of rotatable bonds is 5. The van der Waals surface area contributed by atoms with Crippen LogP contribution in [0.5, 0.6) is 0 Å². The lowest BCUT2D eigenvalue weighted by atomic mass is 10.2. The van der Waals surface area contributed by atoms with Gasteiger partial charge in [0.25, 0.3) is 15.9 Å². The summed E-state index contributed by atoms with van der Waals surface area (Å²) in [5, 5.41) is 4.54. The Balaban J connectivity index is 1.77. The molecule has 0 aliphatic heterocycles. The minimum atomic E-state index is -3.73. The fourth-order valence-corrected chi connectivity index (χ4v) is 3.77. The van der Waals surface area contributed by atoms with Crippen molar-refractivity contribution in [3.63, 3.8) is 0 Å². The summed E-state index contributed by atoms with van der Waals surface area (Å²) in [6.07, 6.45) is 1.10. The van der Waals surface area contributed by atoms with Crippen molar-refractivity contribution in [2.45, 2.75) is 18.9 Å². The Bertz CT molecular complexity index is 1060. The van der Waals surface area contributed by atoms with Crippen LogP contribution in [-0.2, 0) is 10.0 Å². The molecule has 3 rings (SSSR count). The van der Waals surface area contributed by atoms with E-state index in [0.717, 1.165) is 27.7 Å². The average Bonchev–Trinajstić information content (AvgIpc) is 3.27. The summed E-state index contributed by atoms with van der Waals surface area (Å²) in [6, 6.07) is 3.06. The van der Waals surface area contributed by atoms with Gasteiger partial charge >= 0.3 is 0 Å². The van der Waals surface area contributed by atoms with E-state index in [1.54, 1.807) is 0 Å². The van der Waals surface area contributed by atoms with Crippen LogP contribution < -0.4 is 5.32 Å². The van der Waals surface area contributed by atoms with E-state index in [1.807, 2.05) is 25.3 Å². The number of aromatic nitrogens is 1. The van der Waals surface area contributed by atoms with Gasteiger partial charge in [-0.15, -0.1) is 11.3 Å². The van der Waals surface area contributed by atoms with E-state index in [0.29, 0.717) is 10.8 Å². The zero-order chi connectivity index (χ0) is 19.1. The maximum atomic E-state index is 12.3. The van der Waals surface area contributed by atoms with Crippen molar-refractivity contribution in [2.75, 3.05) is 19.4 Å². The average molecular weight is 395 g/mol. The molecule has 0 aromatic carbocycles. The Hall–Kier alpha value is -2.43. The first-order valence-corrected chi connectivity index (χ1v) is 9.86. The molecule has 0 spiro atoms. The van der Waals surface area contributed by atoms with Crippen molar-refractivity contribution >= 4 is 32.4 Å². The molecule has 0 atom stereocenters. The van der Waals surface area contributed by atoms with E-state index < -0.39 is 15.9 Å². The molecule has 0 aliphatic rings. The Morgan fingerprint density at radius 3 is 2.62 bits per heavy atom. The second-order valence-electron chi connectivity index (χ2n) is 5.76. The molecular formula is C16H17N3O5S2. The number of hydrogen-bond donors (Lipinski definition) is 1. The molecule has 10 heteroatoms. The number of carbonyl (C=O) groups excluding carboxylic acids is 1. The largest absolute Gasteiger partial charge is 0.466 e. The van der Waals surface area contributed by atoms with Crippen LogP contribution in [0.4, 0.5) is 5.13 Å². The topological polar surface area (TPSA) is 106 Å². The molecule has 26 heavy (non-hydrogen) atoms. The van der Waals surface area contributed by atoms with Crippen molar-refractivity contribution in [2.24, 2.45) is 0 Å². The molecule has 138 valence electrons. The number of furan rings is 2. The molecule has 1 amide bonds. The van der Waals surface area contributed by atoms with Gasteiger partial charge in [-0.25, -0.2) is 17.7 Å². The molecule has 3 aromatic rings. The Kier molecular flexibility index (Phi) is 4.74. The van der Waals surface area contributed by atoms with Crippen molar-refractivity contribution in [1.29, 1.82) is 0 Å². The van der Waals surface area contributed by atoms with Crippen LogP contribution in [0.1, 0.15) is 21.9 Å². The number of carbonyl (C=O) groups is 1. The van der Waals surface area contributed by atoms with E-state index in [-0.39, 0.29) is 10.7 Å². The predicted molar refractivity (Wildman–Crippen MR) is 96.8 cm³/mol. The van der Waals surface area contributed by atoms with Crippen LogP contribution in [0.15, 0.2) is 37.7 Å². The Morgan fingerprint density at radius 1 is 1.27 bits per heavy atom. The highest BCUT2D eigenvalue weighted by molar-refractivity contribution is 7.88. The number of aryl methyl sites for hydroxylation is 2. The monoisotopic (exact) mass is 395 g/mol. The van der Waals surface area contributed by atoms with Crippen molar-refractivity contribution in [1.82, 2.24) is 9.29 Å². The summed E-state index contributed by atoms with van der Waals surface area (Å²) in [5.41, 5.74) is 1.65. The van der Waals surface area contributed by atoms with E-state index >= 15 is 0 Å². The third-order valence-electron chi connectivity index (χ3n) is 3.61. The maximum Gasteiger partial charge on any atom is 0.275 e. The van der Waals surface area contributed by atoms with Crippen molar-refractivity contribution in [3.05, 3.63) is 40.9 Å². The lowest BCUT2D eigenvalue weighted by Gasteiger charge is -2.07. The third-order valence-corrected chi connectivity index (χ3v) is 6.06. The number of nitrogens with one attached hydrogen (secondary N) is 1. The van der Waals surface area contributed by atoms with Crippen molar-refractivity contribution < 1.29 is 22.0 Å². The summed E-state index contributed by atoms with van der Waals surface area (Å²) in [7, 11) is -0.967. The highest BCUT2D eigenvalue weighted by atomic mass is 32.2. The third kappa shape index (κ3) is 3.43. The van der Waals surface area contributed by atoms with Crippen LogP contribution >= 0.6 is 11.3 Å². The molecule has 3 heterocycles. The summed E-state index contributed by atoms with van der Waals surface area (Å²) < 4.78 is 35.5. The van der Waals surface area contributed by atoms with Crippen LogP contribution in [0.3, 0.4) is 0 Å². The molecule has 0 aliphatic carbocycles. The highest BCUT2D eigenvalue weighted by Gasteiger charge is 2.23. The second kappa shape index (κ2) is 6.71. The molecule has 0 unspecified atom stereocenters. The number of anilines is 1. The summed E-state index contributed by atoms with van der Waals surface area (Å²) >= 11 is 1.26. The predicted octanol–water partition coefficient (Wildman–Crippen LogP) is 3.12. The van der Waals surface area contributed by atoms with Gasteiger partial charge in [0, 0.05) is 31.1 Å². The number of hydrogen-bond acceptors (Lipinski definition) is 7. The minimum Gasteiger partial charge on any atom is -0.466 e. The number of nitrogens with zero attached hydrogens (tertiary/aromatic N) is 2. The number of thiazole rings is 1. The Morgan fingerprint density at radius 2 is 2.00 bits per heavy atom. The fourth-order valence-electron chi connectivity index (χ4n) is 2.26. The first-order chi connectivity index (χ1) is 12.2. The van der Waals surface area contributed by atoms with Crippen LogP contribution in [0, 0.1) is 13.8 Å². The zero-order valence-corrected chi connectivity index (χ0v) is 16.2. The summed E-state index contributed by atoms with van der Waals surface area (Å²) in [6.45, 7) is 3.70. The standard InChI is InChI=1S/C16H17N3O5S2/c1-9-5-12(10(2)24-9)13-8-25-16(17-13)18-15(20)11-6-14(23-7-11)26(21,22)19(3)4/h5-8H,1-4H3,(H,17,18,20). The maximum absolute atomic E-state index is 12.3. The molecule has 0 radical (unpaired) electrons. The summed E-state index contributed by atoms with van der Waals surface area (Å²) in [4.78, 5) is 16.7. The first-order valence-electron chi connectivity index (χ1n) is 7.54. The molecule has 1 N–H and O–H groups in total. The molecule has 0 fully saturated rings. The van der Waals surface area contributed by atoms with Crippen LogP contribution in [0.25, 0.3) is 11.3 Å². The number of sulfonamides is 1. The van der Waals surface area contributed by atoms with Gasteiger partial charge in [-0.2, -0.15) is 0 Å². The van der Waals surface area contributed by atoms with Gasteiger partial charge in [-0.3, -0.25) is 10.1 Å². The van der Waals surface area contributed by atoms with Crippen LogP contribution in [-0.4, -0.2) is 37.7 Å². The lowest BCUT2D eigenvalue weighted by Crippen LogP contribution is -2.21. The highest BCUT2D eigenvalue weighted by Crippen LogP contribution is 2.30. The quantitative estimate of drug-likeness (QED) is 0.711. The van der Waals surface area contributed by atoms with Gasteiger partial charge in [0.05, 0.1) is 11.3 Å².